The van der Waals surface area contributed by atoms with Gasteiger partial charge >= 0.3 is 0 Å². The number of rotatable bonds is 2. The Morgan fingerprint density at radius 1 is 1.00 bits per heavy atom. The number of oxazole rings is 1. The summed E-state index contributed by atoms with van der Waals surface area (Å²) < 4.78 is 18.3. The third-order valence-electron chi connectivity index (χ3n) is 2.70. The molecule has 0 amide bonds. The van der Waals surface area contributed by atoms with Crippen LogP contribution in [-0.4, -0.2) is 15.0 Å². The first-order valence-electron chi connectivity index (χ1n) is 5.70. The highest BCUT2D eigenvalue weighted by Crippen LogP contribution is 2.30. The van der Waals surface area contributed by atoms with E-state index >= 15 is 0 Å². The summed E-state index contributed by atoms with van der Waals surface area (Å²) in [6.07, 6.45) is 4.29. The Balaban J connectivity index is 2.05. The van der Waals surface area contributed by atoms with E-state index in [4.69, 9.17) is 9.68 Å². The molecule has 0 fully saturated rings. The van der Waals surface area contributed by atoms with Gasteiger partial charge in [0, 0.05) is 23.5 Å². The Bertz CT molecular complexity index is 772. The van der Waals surface area contributed by atoms with Crippen molar-refractivity contribution in [2.75, 3.05) is 0 Å². The molecule has 20 heavy (non-hydrogen) atoms. The largest absolute Gasteiger partial charge is 0.443 e. The molecule has 3 aromatic rings. The third-order valence-corrected chi connectivity index (χ3v) is 2.70. The van der Waals surface area contributed by atoms with Gasteiger partial charge in [0.05, 0.1) is 0 Å². The second-order valence-corrected chi connectivity index (χ2v) is 3.94. The Labute approximate surface area is 113 Å². The minimum Gasteiger partial charge on any atom is -0.443 e. The van der Waals surface area contributed by atoms with Crippen LogP contribution >= 0.6 is 0 Å². The predicted octanol–water partition coefficient (Wildman–Crippen LogP) is 2.81. The van der Waals surface area contributed by atoms with Gasteiger partial charge in [-0.25, -0.2) is 19.3 Å². The first-order chi connectivity index (χ1) is 9.78. The van der Waals surface area contributed by atoms with E-state index in [2.05, 4.69) is 15.0 Å². The average Bonchev–Trinajstić information content (AvgIpc) is 2.97. The highest BCUT2D eigenvalue weighted by molar-refractivity contribution is 5.75. The van der Waals surface area contributed by atoms with Crippen LogP contribution in [0.15, 0.2) is 47.5 Å². The number of nitriles is 1. The molecule has 0 aliphatic heterocycles. The van der Waals surface area contributed by atoms with Crippen molar-refractivity contribution in [3.63, 3.8) is 0 Å². The summed E-state index contributed by atoms with van der Waals surface area (Å²) in [5.74, 6) is 0.260. The zero-order valence-electron chi connectivity index (χ0n) is 10.1. The number of hydrogen-bond acceptors (Lipinski definition) is 5. The molecule has 2 aromatic heterocycles. The van der Waals surface area contributed by atoms with Gasteiger partial charge in [-0.3, -0.25) is 0 Å². The average molecular weight is 266 g/mol. The van der Waals surface area contributed by atoms with Crippen LogP contribution in [0.5, 0.6) is 0 Å². The standard InChI is InChI=1S/C14H7FN4O/c15-11-3-1-9(2-4-11)14-13(19-8-20-14)10-6-17-12(5-16)18-7-10/h1-4,6-8H. The van der Waals surface area contributed by atoms with Crippen molar-refractivity contribution >= 4 is 0 Å². The van der Waals surface area contributed by atoms with E-state index in [1.807, 2.05) is 6.07 Å². The van der Waals surface area contributed by atoms with Crippen molar-refractivity contribution in [2.45, 2.75) is 0 Å². The highest BCUT2D eigenvalue weighted by Gasteiger charge is 2.13. The predicted molar refractivity (Wildman–Crippen MR) is 67.6 cm³/mol. The molecular formula is C14H7FN4O. The molecule has 0 saturated heterocycles. The molecule has 5 nitrogen and oxygen atoms in total. The van der Waals surface area contributed by atoms with Crippen molar-refractivity contribution in [2.24, 2.45) is 0 Å². The Morgan fingerprint density at radius 2 is 1.70 bits per heavy atom. The molecule has 0 aliphatic carbocycles. The van der Waals surface area contributed by atoms with E-state index in [0.717, 1.165) is 0 Å². The van der Waals surface area contributed by atoms with Gasteiger partial charge in [-0.15, -0.1) is 0 Å². The topological polar surface area (TPSA) is 75.6 Å². The second-order valence-electron chi connectivity index (χ2n) is 3.94. The maximum Gasteiger partial charge on any atom is 0.232 e. The summed E-state index contributed by atoms with van der Waals surface area (Å²) in [7, 11) is 0. The number of aromatic nitrogens is 3. The molecule has 96 valence electrons. The summed E-state index contributed by atoms with van der Waals surface area (Å²) in [5.41, 5.74) is 1.86. The van der Waals surface area contributed by atoms with E-state index < -0.39 is 0 Å². The summed E-state index contributed by atoms with van der Waals surface area (Å²) in [6.45, 7) is 0. The van der Waals surface area contributed by atoms with Crippen molar-refractivity contribution < 1.29 is 8.81 Å². The van der Waals surface area contributed by atoms with E-state index in [1.165, 1.54) is 30.9 Å². The lowest BCUT2D eigenvalue weighted by Crippen LogP contribution is -1.90. The Hall–Kier alpha value is -3.07. The van der Waals surface area contributed by atoms with E-state index in [1.54, 1.807) is 12.1 Å². The van der Waals surface area contributed by atoms with Crippen LogP contribution < -0.4 is 0 Å². The molecule has 0 saturated carbocycles. The number of hydrogen-bond donors (Lipinski definition) is 0. The van der Waals surface area contributed by atoms with Crippen molar-refractivity contribution in [1.29, 1.82) is 5.26 Å². The molecule has 0 N–H and O–H groups in total. The summed E-state index contributed by atoms with van der Waals surface area (Å²) in [5, 5.41) is 8.67. The zero-order chi connectivity index (χ0) is 13.9. The van der Waals surface area contributed by atoms with Gasteiger partial charge in [0.2, 0.25) is 5.82 Å². The van der Waals surface area contributed by atoms with Gasteiger partial charge < -0.3 is 4.42 Å². The van der Waals surface area contributed by atoms with Crippen LogP contribution in [-0.2, 0) is 0 Å². The van der Waals surface area contributed by atoms with Crippen LogP contribution in [0.3, 0.4) is 0 Å². The highest BCUT2D eigenvalue weighted by atomic mass is 19.1. The van der Waals surface area contributed by atoms with Gasteiger partial charge in [0.1, 0.15) is 17.6 Å². The lowest BCUT2D eigenvalue weighted by molar-refractivity contribution is 0.571. The molecule has 0 unspecified atom stereocenters. The van der Waals surface area contributed by atoms with Crippen LogP contribution in [0.4, 0.5) is 4.39 Å². The quantitative estimate of drug-likeness (QED) is 0.712. The van der Waals surface area contributed by atoms with E-state index in [-0.39, 0.29) is 11.6 Å². The van der Waals surface area contributed by atoms with Crippen LogP contribution in [0.25, 0.3) is 22.6 Å². The molecule has 0 atom stereocenters. The number of benzene rings is 1. The Kier molecular flexibility index (Phi) is 2.94. The first-order valence-corrected chi connectivity index (χ1v) is 5.70. The smallest absolute Gasteiger partial charge is 0.232 e. The minimum atomic E-state index is -0.323. The second kappa shape index (κ2) is 4.90. The molecule has 1 aromatic carbocycles. The Morgan fingerprint density at radius 3 is 2.35 bits per heavy atom. The van der Waals surface area contributed by atoms with Crippen LogP contribution in [0.1, 0.15) is 5.82 Å². The van der Waals surface area contributed by atoms with Gasteiger partial charge in [-0.1, -0.05) is 0 Å². The SMILES string of the molecule is N#Cc1ncc(-c2ncoc2-c2ccc(F)cc2)cn1. The third kappa shape index (κ3) is 2.12. The molecule has 2 heterocycles. The fourth-order valence-corrected chi connectivity index (χ4v) is 1.77. The van der Waals surface area contributed by atoms with Gasteiger partial charge in [0.25, 0.3) is 0 Å². The zero-order valence-corrected chi connectivity index (χ0v) is 10.1. The van der Waals surface area contributed by atoms with Gasteiger partial charge in [-0.2, -0.15) is 5.26 Å². The number of nitrogens with zero attached hydrogens (tertiary/aromatic N) is 4. The fourth-order valence-electron chi connectivity index (χ4n) is 1.77. The van der Waals surface area contributed by atoms with Crippen LogP contribution in [0.2, 0.25) is 0 Å². The van der Waals surface area contributed by atoms with Crippen molar-refractivity contribution in [1.82, 2.24) is 15.0 Å². The van der Waals surface area contributed by atoms with Crippen molar-refractivity contribution in [3.05, 3.63) is 54.7 Å². The number of halogens is 1. The maximum atomic E-state index is 12.9. The molecule has 0 bridgehead atoms. The lowest BCUT2D eigenvalue weighted by Gasteiger charge is -2.01. The molecule has 6 heteroatoms. The molecule has 3 rings (SSSR count). The van der Waals surface area contributed by atoms with Gasteiger partial charge in [-0.05, 0) is 24.3 Å². The molecule has 0 radical (unpaired) electrons. The fraction of sp³-hybridized carbons (Fsp3) is 0. The van der Waals surface area contributed by atoms with Crippen molar-refractivity contribution in [3.8, 4) is 28.7 Å². The minimum absolute atomic E-state index is 0.0839. The summed E-state index contributed by atoms with van der Waals surface area (Å²) in [4.78, 5) is 11.9. The summed E-state index contributed by atoms with van der Waals surface area (Å²) in [6, 6.07) is 7.73. The monoisotopic (exact) mass is 266 g/mol. The van der Waals surface area contributed by atoms with E-state index in [0.29, 0.717) is 22.6 Å². The van der Waals surface area contributed by atoms with Gasteiger partial charge in [0.15, 0.2) is 12.2 Å². The lowest BCUT2D eigenvalue weighted by atomic mass is 10.1. The maximum absolute atomic E-state index is 12.9. The van der Waals surface area contributed by atoms with E-state index in [9.17, 15) is 4.39 Å². The molecule has 0 spiro atoms. The van der Waals surface area contributed by atoms with Crippen LogP contribution in [0, 0.1) is 17.1 Å². The molecule has 0 aliphatic rings. The normalized spacial score (nSPS) is 10.2. The molecular weight excluding hydrogens is 259 g/mol. The summed E-state index contributed by atoms with van der Waals surface area (Å²) >= 11 is 0. The first kappa shape index (κ1) is 12.0.